The van der Waals surface area contributed by atoms with Crippen molar-refractivity contribution >= 4 is 39.7 Å². The zero-order valence-electron chi connectivity index (χ0n) is 18.3. The van der Waals surface area contributed by atoms with Crippen LogP contribution in [0.25, 0.3) is 5.43 Å². The van der Waals surface area contributed by atoms with E-state index < -0.39 is 15.5 Å². The summed E-state index contributed by atoms with van der Waals surface area (Å²) in [4.78, 5) is 19.2. The molecule has 0 N–H and O–H groups in total. The lowest BCUT2D eigenvalue weighted by atomic mass is 9.83. The predicted molar refractivity (Wildman–Crippen MR) is 133 cm³/mol. The van der Waals surface area contributed by atoms with Gasteiger partial charge in [-0.3, -0.25) is 10.1 Å². The Balaban J connectivity index is 1.50. The van der Waals surface area contributed by atoms with Crippen molar-refractivity contribution in [3.63, 3.8) is 0 Å². The van der Waals surface area contributed by atoms with E-state index in [4.69, 9.17) is 15.5 Å². The third kappa shape index (κ3) is 3.19. The van der Waals surface area contributed by atoms with Gasteiger partial charge in [-0.05, 0) is 37.1 Å². The summed E-state index contributed by atoms with van der Waals surface area (Å²) >= 11 is 1.65. The Morgan fingerprint density at radius 3 is 2.35 bits per heavy atom. The van der Waals surface area contributed by atoms with Crippen LogP contribution in [-0.2, 0) is 0 Å². The molecule has 8 nitrogen and oxygen atoms in total. The minimum Gasteiger partial charge on any atom is -0.308 e. The van der Waals surface area contributed by atoms with Crippen LogP contribution in [0.1, 0.15) is 25.7 Å². The topological polar surface area (TPSA) is 88.2 Å². The highest BCUT2D eigenvalue weighted by Crippen LogP contribution is 2.64. The number of nitro groups is 1. The number of aliphatic imine (C=N–C) groups is 1. The number of amidine groups is 1. The molecule has 3 aromatic carbocycles. The fraction of sp³-hybridized carbons (Fsp3) is 0.240. The standard InChI is InChI=1S/C25H22N6O2S/c32-31(33)22-15-13-19(14-16-22)26-23-29(20-9-3-1-4-10-20)24-17-7-8-18-25(24,34-23)28-30(27-24)21-11-5-2-6-12-21/h1-6,9-16H,7-8,17-18H2/t24-,25+/m0/s1. The number of thioether (sulfide) groups is 1. The molecule has 0 spiro atoms. The van der Waals surface area contributed by atoms with Crippen molar-refractivity contribution in [2.24, 2.45) is 10.1 Å². The van der Waals surface area contributed by atoms with Gasteiger partial charge in [-0.25, -0.2) is 4.99 Å². The number of azo groups is 1. The molecule has 6 rings (SSSR count). The highest BCUT2D eigenvalue weighted by Gasteiger charge is 2.66. The summed E-state index contributed by atoms with van der Waals surface area (Å²) in [5, 5.41) is 17.1. The number of para-hydroxylation sites is 2. The molecule has 1 saturated heterocycles. The number of non-ortho nitro benzene ring substituents is 1. The van der Waals surface area contributed by atoms with E-state index in [1.807, 2.05) is 48.5 Å². The SMILES string of the molecule is O=[N+]([O-])c1ccc(N=C2S[C@]34CCCC[C@]3(N=[N+](c3ccccc3)[N-]4)N2c2ccccc2)cc1. The highest BCUT2D eigenvalue weighted by atomic mass is 32.2. The van der Waals surface area contributed by atoms with Gasteiger partial charge in [-0.2, -0.15) is 10.5 Å². The van der Waals surface area contributed by atoms with Gasteiger partial charge in [0.2, 0.25) is 5.69 Å². The smallest absolute Gasteiger partial charge is 0.269 e. The third-order valence-electron chi connectivity index (χ3n) is 6.54. The van der Waals surface area contributed by atoms with E-state index >= 15 is 0 Å². The number of anilines is 1. The highest BCUT2D eigenvalue weighted by molar-refractivity contribution is 8.16. The van der Waals surface area contributed by atoms with E-state index in [9.17, 15) is 10.1 Å². The van der Waals surface area contributed by atoms with Gasteiger partial charge in [0.1, 0.15) is 10.5 Å². The molecule has 2 atom stereocenters. The maximum absolute atomic E-state index is 11.1. The Bertz CT molecular complexity index is 1300. The second kappa shape index (κ2) is 7.95. The van der Waals surface area contributed by atoms with E-state index in [0.717, 1.165) is 42.2 Å². The molecule has 2 fully saturated rings. The average Bonchev–Trinajstić information content (AvgIpc) is 3.34. The summed E-state index contributed by atoms with van der Waals surface area (Å²) in [6, 6.07) is 26.6. The molecule has 0 aromatic heterocycles. The van der Waals surface area contributed by atoms with Crippen LogP contribution in [0.15, 0.2) is 95.0 Å². The Labute approximate surface area is 201 Å². The maximum Gasteiger partial charge on any atom is 0.269 e. The average molecular weight is 471 g/mol. The molecule has 34 heavy (non-hydrogen) atoms. The largest absolute Gasteiger partial charge is 0.308 e. The van der Waals surface area contributed by atoms with Crippen LogP contribution < -0.4 is 4.90 Å². The molecule has 3 aromatic rings. The molecule has 3 aliphatic rings. The van der Waals surface area contributed by atoms with Gasteiger partial charge in [0.15, 0.2) is 5.17 Å². The minimum atomic E-state index is -0.591. The molecule has 2 heterocycles. The number of nitrogens with zero attached hydrogens (tertiary/aromatic N) is 6. The van der Waals surface area contributed by atoms with Gasteiger partial charge < -0.3 is 4.90 Å². The third-order valence-corrected chi connectivity index (χ3v) is 7.95. The van der Waals surface area contributed by atoms with Crippen molar-refractivity contribution in [1.82, 2.24) is 0 Å². The summed E-state index contributed by atoms with van der Waals surface area (Å²) in [6.07, 6.45) is 3.88. The molecular formula is C25H22N6O2S. The molecule has 0 bridgehead atoms. The minimum absolute atomic E-state index is 0.0502. The molecule has 0 unspecified atom stereocenters. The summed E-state index contributed by atoms with van der Waals surface area (Å²) in [5.41, 5.74) is 7.26. The van der Waals surface area contributed by atoms with Crippen LogP contribution in [0.3, 0.4) is 0 Å². The monoisotopic (exact) mass is 470 g/mol. The van der Waals surface area contributed by atoms with Crippen molar-refractivity contribution in [3.8, 4) is 0 Å². The predicted octanol–water partition coefficient (Wildman–Crippen LogP) is 6.90. The molecule has 2 aliphatic heterocycles. The summed E-state index contributed by atoms with van der Waals surface area (Å²) in [7, 11) is 0. The zero-order chi connectivity index (χ0) is 23.2. The van der Waals surface area contributed by atoms with Crippen molar-refractivity contribution in [2.45, 2.75) is 36.2 Å². The first-order valence-corrected chi connectivity index (χ1v) is 12.1. The maximum atomic E-state index is 11.1. The van der Waals surface area contributed by atoms with Crippen LogP contribution in [0.2, 0.25) is 0 Å². The van der Waals surface area contributed by atoms with E-state index in [0.29, 0.717) is 5.69 Å². The molecular weight excluding hydrogens is 448 g/mol. The Morgan fingerprint density at radius 1 is 0.971 bits per heavy atom. The Hall–Kier alpha value is -3.72. The van der Waals surface area contributed by atoms with Gasteiger partial charge in [-0.15, -0.1) is 4.81 Å². The van der Waals surface area contributed by atoms with Crippen molar-refractivity contribution in [3.05, 3.63) is 100 Å². The molecule has 1 saturated carbocycles. The number of hydrogen-bond donors (Lipinski definition) is 0. The number of nitro benzene ring substituents is 1. The van der Waals surface area contributed by atoms with Crippen LogP contribution in [0, 0.1) is 10.1 Å². The molecule has 170 valence electrons. The van der Waals surface area contributed by atoms with Crippen LogP contribution >= 0.6 is 11.8 Å². The summed E-state index contributed by atoms with van der Waals surface area (Å²) in [6.45, 7) is 0. The zero-order valence-corrected chi connectivity index (χ0v) is 19.1. The van der Waals surface area contributed by atoms with E-state index in [2.05, 4.69) is 17.0 Å². The van der Waals surface area contributed by atoms with Crippen molar-refractivity contribution < 1.29 is 9.73 Å². The second-order valence-electron chi connectivity index (χ2n) is 8.57. The molecule has 0 amide bonds. The molecule has 9 heteroatoms. The lowest BCUT2D eigenvalue weighted by Crippen LogP contribution is -2.55. The van der Waals surface area contributed by atoms with Gasteiger partial charge >= 0.3 is 0 Å². The normalized spacial score (nSPS) is 26.5. The van der Waals surface area contributed by atoms with Crippen LogP contribution in [0.4, 0.5) is 22.7 Å². The number of rotatable bonds is 4. The molecule has 0 radical (unpaired) electrons. The fourth-order valence-electron chi connectivity index (χ4n) is 4.97. The first-order valence-electron chi connectivity index (χ1n) is 11.3. The van der Waals surface area contributed by atoms with Crippen molar-refractivity contribution in [1.29, 1.82) is 0 Å². The first kappa shape index (κ1) is 20.9. The Morgan fingerprint density at radius 2 is 1.65 bits per heavy atom. The number of benzene rings is 3. The van der Waals surface area contributed by atoms with Crippen LogP contribution in [0.5, 0.6) is 0 Å². The van der Waals surface area contributed by atoms with E-state index in [1.54, 1.807) is 28.7 Å². The van der Waals surface area contributed by atoms with Crippen LogP contribution in [-0.4, -0.2) is 25.4 Å². The van der Waals surface area contributed by atoms with E-state index in [1.165, 1.54) is 12.1 Å². The summed E-state index contributed by atoms with van der Waals surface area (Å²) in [5.74, 6) is 0. The summed E-state index contributed by atoms with van der Waals surface area (Å²) < 4.78 is 0. The van der Waals surface area contributed by atoms with Gasteiger partial charge in [0.05, 0.1) is 10.6 Å². The Kier molecular flexibility index (Phi) is 4.88. The lowest BCUT2D eigenvalue weighted by Gasteiger charge is -2.46. The van der Waals surface area contributed by atoms with Gasteiger partial charge in [-0.1, -0.05) is 61.0 Å². The first-order chi connectivity index (χ1) is 16.6. The number of hydrogen-bond acceptors (Lipinski definition) is 5. The second-order valence-corrected chi connectivity index (χ2v) is 9.82. The lowest BCUT2D eigenvalue weighted by molar-refractivity contribution is -0.455. The van der Waals surface area contributed by atoms with Gasteiger partial charge in [0.25, 0.3) is 5.69 Å². The fourth-order valence-corrected chi connectivity index (χ4v) is 6.53. The molecule has 1 aliphatic carbocycles. The van der Waals surface area contributed by atoms with Gasteiger partial charge in [0, 0.05) is 30.0 Å². The van der Waals surface area contributed by atoms with E-state index in [-0.39, 0.29) is 5.69 Å². The quantitative estimate of drug-likeness (QED) is 0.236. The van der Waals surface area contributed by atoms with Crippen molar-refractivity contribution in [2.75, 3.05) is 4.90 Å².